The Morgan fingerprint density at radius 3 is 3.04 bits per heavy atom. The Morgan fingerprint density at radius 1 is 1.38 bits per heavy atom. The van der Waals surface area contributed by atoms with E-state index in [0.717, 1.165) is 27.3 Å². The molecular formula is C17H17BrN2O3S. The van der Waals surface area contributed by atoms with E-state index in [1.165, 1.54) is 11.3 Å². The Kier molecular flexibility index (Phi) is 4.47. The second-order valence-electron chi connectivity index (χ2n) is 5.80. The van der Waals surface area contributed by atoms with E-state index in [9.17, 15) is 4.79 Å². The zero-order valence-electron chi connectivity index (χ0n) is 13.0. The van der Waals surface area contributed by atoms with Crippen molar-refractivity contribution in [1.82, 2.24) is 5.32 Å². The van der Waals surface area contributed by atoms with Crippen LogP contribution in [0, 0.1) is 0 Å². The van der Waals surface area contributed by atoms with Crippen LogP contribution in [0.4, 0.5) is 5.69 Å². The van der Waals surface area contributed by atoms with E-state index in [4.69, 9.17) is 9.47 Å². The second-order valence-corrected chi connectivity index (χ2v) is 8.14. The molecule has 0 saturated heterocycles. The van der Waals surface area contributed by atoms with Crippen LogP contribution in [0.25, 0.3) is 0 Å². The highest BCUT2D eigenvalue weighted by Gasteiger charge is 2.37. The molecule has 1 amide bonds. The molecule has 3 heterocycles. The number of carbonyl (C=O) groups excluding carboxylic acids is 1. The van der Waals surface area contributed by atoms with Crippen molar-refractivity contribution >= 4 is 38.9 Å². The number of halogens is 1. The van der Waals surface area contributed by atoms with Gasteiger partial charge >= 0.3 is 0 Å². The number of nitrogens with one attached hydrogen (secondary N) is 1. The van der Waals surface area contributed by atoms with E-state index in [1.807, 2.05) is 18.2 Å². The van der Waals surface area contributed by atoms with Gasteiger partial charge in [0.1, 0.15) is 21.0 Å². The summed E-state index contributed by atoms with van der Waals surface area (Å²) in [5.74, 6) is 0.755. The van der Waals surface area contributed by atoms with Gasteiger partial charge in [0.15, 0.2) is 5.75 Å². The van der Waals surface area contributed by atoms with E-state index in [2.05, 4.69) is 38.3 Å². The van der Waals surface area contributed by atoms with Gasteiger partial charge in [0.2, 0.25) is 0 Å². The number of rotatable bonds is 4. The van der Waals surface area contributed by atoms with Crippen molar-refractivity contribution in [2.75, 3.05) is 31.2 Å². The fourth-order valence-electron chi connectivity index (χ4n) is 3.06. The summed E-state index contributed by atoms with van der Waals surface area (Å²) in [6, 6.07) is 10.2. The topological polar surface area (TPSA) is 50.8 Å². The predicted octanol–water partition coefficient (Wildman–Crippen LogP) is 3.04. The van der Waals surface area contributed by atoms with Crippen LogP contribution in [0.2, 0.25) is 0 Å². The van der Waals surface area contributed by atoms with E-state index in [0.29, 0.717) is 31.2 Å². The summed E-state index contributed by atoms with van der Waals surface area (Å²) < 4.78 is 12.7. The lowest BCUT2D eigenvalue weighted by molar-refractivity contribution is 0.0868. The maximum absolute atomic E-state index is 12.2. The van der Waals surface area contributed by atoms with Gasteiger partial charge < -0.3 is 19.7 Å². The number of carbonyl (C=O) groups is 1. The number of anilines is 1. The fourth-order valence-corrected chi connectivity index (χ4v) is 4.75. The Bertz CT molecular complexity index is 750. The molecule has 1 atom stereocenters. The molecule has 0 bridgehead atoms. The largest absolute Gasteiger partial charge is 0.487 e. The molecule has 1 N–H and O–H groups in total. The lowest BCUT2D eigenvalue weighted by Gasteiger charge is -2.36. The zero-order valence-corrected chi connectivity index (χ0v) is 15.4. The van der Waals surface area contributed by atoms with Crippen LogP contribution in [-0.2, 0) is 11.3 Å². The average Bonchev–Trinajstić information content (AvgIpc) is 2.85. The van der Waals surface area contributed by atoms with Crippen LogP contribution in [0.1, 0.15) is 15.2 Å². The molecule has 1 aromatic heterocycles. The normalized spacial score (nSPS) is 19.3. The minimum absolute atomic E-state index is 0.0288. The predicted molar refractivity (Wildman–Crippen MR) is 97.1 cm³/mol. The fraction of sp³-hybridized carbons (Fsp3) is 0.353. The van der Waals surface area contributed by atoms with Crippen LogP contribution in [0.3, 0.4) is 0 Å². The van der Waals surface area contributed by atoms with E-state index < -0.39 is 0 Å². The van der Waals surface area contributed by atoms with Gasteiger partial charge in [-0.1, -0.05) is 30.3 Å². The summed E-state index contributed by atoms with van der Waals surface area (Å²) in [5.41, 5.74) is 2.06. The van der Waals surface area contributed by atoms with Gasteiger partial charge in [0.25, 0.3) is 5.91 Å². The molecular weight excluding hydrogens is 392 g/mol. The third kappa shape index (κ3) is 2.92. The Hall–Kier alpha value is -1.57. The van der Waals surface area contributed by atoms with Gasteiger partial charge in [-0.15, -0.1) is 11.3 Å². The van der Waals surface area contributed by atoms with Crippen molar-refractivity contribution in [3.8, 4) is 5.75 Å². The number of amides is 1. The molecule has 2 aliphatic rings. The molecule has 0 saturated carbocycles. The van der Waals surface area contributed by atoms with Gasteiger partial charge in [-0.2, -0.15) is 0 Å². The van der Waals surface area contributed by atoms with Gasteiger partial charge in [-0.25, -0.2) is 0 Å². The molecule has 2 aliphatic heterocycles. The first-order chi connectivity index (χ1) is 11.7. The number of benzene rings is 1. The van der Waals surface area contributed by atoms with Crippen LogP contribution < -0.4 is 15.0 Å². The number of nitrogens with zero attached hydrogens (tertiary/aromatic N) is 1. The van der Waals surface area contributed by atoms with Gasteiger partial charge in [-0.3, -0.25) is 4.79 Å². The summed E-state index contributed by atoms with van der Waals surface area (Å²) in [6.45, 7) is 3.10. The molecule has 0 fully saturated rings. The molecule has 2 aromatic rings. The van der Waals surface area contributed by atoms with E-state index >= 15 is 0 Å². The van der Waals surface area contributed by atoms with Crippen molar-refractivity contribution in [1.29, 1.82) is 0 Å². The SMILES string of the molecule is O=C1NCCN2c3c1sc(Br)c3OCC2COCc1ccccc1. The quantitative estimate of drug-likeness (QED) is 0.844. The molecule has 24 heavy (non-hydrogen) atoms. The molecule has 5 nitrogen and oxygen atoms in total. The van der Waals surface area contributed by atoms with Crippen LogP contribution >= 0.6 is 27.3 Å². The lowest BCUT2D eigenvalue weighted by Crippen LogP contribution is -2.47. The van der Waals surface area contributed by atoms with Gasteiger partial charge in [0.05, 0.1) is 19.3 Å². The minimum Gasteiger partial charge on any atom is -0.487 e. The van der Waals surface area contributed by atoms with E-state index in [-0.39, 0.29) is 11.9 Å². The summed E-state index contributed by atoms with van der Waals surface area (Å²) in [6.07, 6.45) is 0. The first kappa shape index (κ1) is 15.9. The summed E-state index contributed by atoms with van der Waals surface area (Å²) in [4.78, 5) is 15.2. The highest BCUT2D eigenvalue weighted by atomic mass is 79.9. The first-order valence-corrected chi connectivity index (χ1v) is 9.46. The monoisotopic (exact) mass is 408 g/mol. The van der Waals surface area contributed by atoms with Crippen LogP contribution in [0.15, 0.2) is 34.1 Å². The number of hydrogen-bond acceptors (Lipinski definition) is 5. The third-order valence-corrected chi connectivity index (χ3v) is 6.01. The summed E-state index contributed by atoms with van der Waals surface area (Å²) in [7, 11) is 0. The molecule has 0 radical (unpaired) electrons. The Balaban J connectivity index is 1.50. The Morgan fingerprint density at radius 2 is 2.21 bits per heavy atom. The van der Waals surface area contributed by atoms with Crippen LogP contribution in [0.5, 0.6) is 5.75 Å². The molecule has 7 heteroatoms. The number of ether oxygens (including phenoxy) is 2. The summed E-state index contributed by atoms with van der Waals surface area (Å²) >= 11 is 4.94. The average molecular weight is 409 g/mol. The highest BCUT2D eigenvalue weighted by Crippen LogP contribution is 2.49. The molecule has 1 unspecified atom stereocenters. The minimum atomic E-state index is -0.0288. The first-order valence-electron chi connectivity index (χ1n) is 7.85. The maximum atomic E-state index is 12.2. The lowest BCUT2D eigenvalue weighted by atomic mass is 10.2. The van der Waals surface area contributed by atoms with Gasteiger partial charge in [-0.05, 0) is 21.5 Å². The summed E-state index contributed by atoms with van der Waals surface area (Å²) in [5, 5.41) is 2.95. The molecule has 1 aromatic carbocycles. The zero-order chi connectivity index (χ0) is 16.5. The molecule has 0 spiro atoms. The molecule has 126 valence electrons. The maximum Gasteiger partial charge on any atom is 0.263 e. The second kappa shape index (κ2) is 6.74. The van der Waals surface area contributed by atoms with E-state index in [1.54, 1.807) is 0 Å². The molecule has 0 aliphatic carbocycles. The Labute approximate surface area is 152 Å². The number of hydrogen-bond donors (Lipinski definition) is 1. The highest BCUT2D eigenvalue weighted by molar-refractivity contribution is 9.11. The van der Waals surface area contributed by atoms with Gasteiger partial charge in [0, 0.05) is 13.1 Å². The van der Waals surface area contributed by atoms with Crippen molar-refractivity contribution in [2.24, 2.45) is 0 Å². The standard InChI is InChI=1S/C17H17BrN2O3S/c18-16-14-13-15(24-16)17(21)19-6-7-20(13)12(10-23-14)9-22-8-11-4-2-1-3-5-11/h1-5,12H,6-10H2,(H,19,21). The van der Waals surface area contributed by atoms with Crippen LogP contribution in [-0.4, -0.2) is 38.3 Å². The number of thiophene rings is 1. The van der Waals surface area contributed by atoms with Crippen molar-refractivity contribution < 1.29 is 14.3 Å². The molecule has 4 rings (SSSR count). The van der Waals surface area contributed by atoms with Crippen molar-refractivity contribution in [3.63, 3.8) is 0 Å². The smallest absolute Gasteiger partial charge is 0.263 e. The van der Waals surface area contributed by atoms with Crippen molar-refractivity contribution in [2.45, 2.75) is 12.6 Å². The van der Waals surface area contributed by atoms with Crippen molar-refractivity contribution in [3.05, 3.63) is 44.6 Å². The third-order valence-electron chi connectivity index (χ3n) is 4.21.